The van der Waals surface area contributed by atoms with Crippen molar-refractivity contribution in [1.29, 1.82) is 0 Å². The summed E-state index contributed by atoms with van der Waals surface area (Å²) in [6.07, 6.45) is 0. The topological polar surface area (TPSA) is 26.3 Å². The maximum absolute atomic E-state index is 12.8. The molecular weight excluding hydrogens is 299 g/mol. The van der Waals surface area contributed by atoms with E-state index in [1.165, 1.54) is 31.4 Å². The van der Waals surface area contributed by atoms with Crippen LogP contribution in [0.3, 0.4) is 0 Å². The molecule has 18 heavy (non-hydrogen) atoms. The SMILES string of the molecule is COc1cc(Br)ccc1C(=O)c1ccc(F)cc1. The van der Waals surface area contributed by atoms with Crippen molar-refractivity contribution in [2.24, 2.45) is 0 Å². The lowest BCUT2D eigenvalue weighted by Crippen LogP contribution is -2.04. The Bertz CT molecular complexity index is 579. The zero-order chi connectivity index (χ0) is 13.1. The fourth-order valence-electron chi connectivity index (χ4n) is 1.61. The molecule has 2 aromatic carbocycles. The van der Waals surface area contributed by atoms with E-state index in [0.717, 1.165) is 4.47 Å². The summed E-state index contributed by atoms with van der Waals surface area (Å²) in [4.78, 5) is 12.2. The lowest BCUT2D eigenvalue weighted by atomic mass is 10.0. The molecule has 0 aliphatic carbocycles. The number of ether oxygens (including phenoxy) is 1. The van der Waals surface area contributed by atoms with Gasteiger partial charge < -0.3 is 4.74 Å². The summed E-state index contributed by atoms with van der Waals surface area (Å²) in [5, 5.41) is 0. The van der Waals surface area contributed by atoms with Crippen molar-refractivity contribution in [3.8, 4) is 5.75 Å². The molecule has 4 heteroatoms. The Morgan fingerprint density at radius 2 is 1.83 bits per heavy atom. The van der Waals surface area contributed by atoms with Crippen LogP contribution in [0.5, 0.6) is 5.75 Å². The summed E-state index contributed by atoms with van der Waals surface area (Å²) in [6.45, 7) is 0. The summed E-state index contributed by atoms with van der Waals surface area (Å²) in [5.41, 5.74) is 0.879. The lowest BCUT2D eigenvalue weighted by Gasteiger charge is -2.08. The van der Waals surface area contributed by atoms with E-state index < -0.39 is 0 Å². The highest BCUT2D eigenvalue weighted by atomic mass is 79.9. The summed E-state index contributed by atoms with van der Waals surface area (Å²) in [7, 11) is 1.50. The number of carbonyl (C=O) groups is 1. The van der Waals surface area contributed by atoms with Gasteiger partial charge in [0, 0.05) is 10.0 Å². The summed E-state index contributed by atoms with van der Waals surface area (Å²) < 4.78 is 18.8. The van der Waals surface area contributed by atoms with Gasteiger partial charge in [0.25, 0.3) is 0 Å². The molecular formula is C14H10BrFO2. The van der Waals surface area contributed by atoms with Crippen molar-refractivity contribution in [3.63, 3.8) is 0 Å². The fourth-order valence-corrected chi connectivity index (χ4v) is 1.95. The normalized spacial score (nSPS) is 10.2. The molecule has 0 N–H and O–H groups in total. The van der Waals surface area contributed by atoms with Crippen LogP contribution < -0.4 is 4.74 Å². The Labute approximate surface area is 113 Å². The van der Waals surface area contributed by atoms with Gasteiger partial charge in [0.1, 0.15) is 11.6 Å². The first-order chi connectivity index (χ1) is 8.61. The predicted octanol–water partition coefficient (Wildman–Crippen LogP) is 3.83. The van der Waals surface area contributed by atoms with Crippen molar-refractivity contribution in [2.45, 2.75) is 0 Å². The molecule has 0 radical (unpaired) electrons. The van der Waals surface area contributed by atoms with Crippen molar-refractivity contribution < 1.29 is 13.9 Å². The van der Waals surface area contributed by atoms with Gasteiger partial charge in [0.05, 0.1) is 12.7 Å². The standard InChI is InChI=1S/C14H10BrFO2/c1-18-13-8-10(15)4-7-12(13)14(17)9-2-5-11(16)6-3-9/h2-8H,1H3. The van der Waals surface area contributed by atoms with Crippen LogP contribution in [0.15, 0.2) is 46.9 Å². The molecule has 0 saturated carbocycles. The quantitative estimate of drug-likeness (QED) is 0.806. The van der Waals surface area contributed by atoms with Crippen LogP contribution in [0, 0.1) is 5.82 Å². The number of benzene rings is 2. The van der Waals surface area contributed by atoms with Gasteiger partial charge in [-0.05, 0) is 42.5 Å². The molecule has 2 nitrogen and oxygen atoms in total. The van der Waals surface area contributed by atoms with Crippen LogP contribution in [0.1, 0.15) is 15.9 Å². The summed E-state index contributed by atoms with van der Waals surface area (Å²) >= 11 is 3.31. The van der Waals surface area contributed by atoms with Crippen molar-refractivity contribution in [1.82, 2.24) is 0 Å². The number of halogens is 2. The van der Waals surface area contributed by atoms with Crippen LogP contribution >= 0.6 is 15.9 Å². The third kappa shape index (κ3) is 2.59. The minimum Gasteiger partial charge on any atom is -0.496 e. The average molecular weight is 309 g/mol. The van der Waals surface area contributed by atoms with Crippen LogP contribution in [0.25, 0.3) is 0 Å². The molecule has 0 spiro atoms. The van der Waals surface area contributed by atoms with E-state index in [-0.39, 0.29) is 11.6 Å². The molecule has 0 atom stereocenters. The van der Waals surface area contributed by atoms with Crippen molar-refractivity contribution in [3.05, 3.63) is 63.9 Å². The largest absolute Gasteiger partial charge is 0.496 e. The predicted molar refractivity (Wildman–Crippen MR) is 70.5 cm³/mol. The molecule has 2 rings (SSSR count). The number of methoxy groups -OCH3 is 1. The van der Waals surface area contributed by atoms with E-state index in [0.29, 0.717) is 16.9 Å². The summed E-state index contributed by atoms with van der Waals surface area (Å²) in [6, 6.07) is 10.6. The molecule has 0 aromatic heterocycles. The molecule has 0 amide bonds. The maximum Gasteiger partial charge on any atom is 0.196 e. The van der Waals surface area contributed by atoms with Gasteiger partial charge in [-0.15, -0.1) is 0 Å². The molecule has 0 saturated heterocycles. The number of hydrogen-bond acceptors (Lipinski definition) is 2. The number of carbonyl (C=O) groups excluding carboxylic acids is 1. The highest BCUT2D eigenvalue weighted by Crippen LogP contribution is 2.25. The minimum absolute atomic E-state index is 0.195. The molecule has 0 aliphatic heterocycles. The van der Waals surface area contributed by atoms with E-state index in [1.807, 2.05) is 0 Å². The third-order valence-corrected chi connectivity index (χ3v) is 3.01. The van der Waals surface area contributed by atoms with Crippen LogP contribution in [0.2, 0.25) is 0 Å². The van der Waals surface area contributed by atoms with E-state index in [2.05, 4.69) is 15.9 Å². The molecule has 0 fully saturated rings. The molecule has 92 valence electrons. The van der Waals surface area contributed by atoms with E-state index in [4.69, 9.17) is 4.74 Å². The second-order valence-corrected chi connectivity index (χ2v) is 4.60. The van der Waals surface area contributed by atoms with E-state index in [1.54, 1.807) is 18.2 Å². The first-order valence-corrected chi connectivity index (χ1v) is 6.05. The van der Waals surface area contributed by atoms with Crippen LogP contribution in [-0.4, -0.2) is 12.9 Å². The zero-order valence-electron chi connectivity index (χ0n) is 9.61. The van der Waals surface area contributed by atoms with Gasteiger partial charge in [-0.25, -0.2) is 4.39 Å². The number of rotatable bonds is 3. The third-order valence-electron chi connectivity index (χ3n) is 2.51. The van der Waals surface area contributed by atoms with Gasteiger partial charge in [0.2, 0.25) is 0 Å². The molecule has 2 aromatic rings. The van der Waals surface area contributed by atoms with Gasteiger partial charge >= 0.3 is 0 Å². The van der Waals surface area contributed by atoms with Gasteiger partial charge in [-0.1, -0.05) is 15.9 Å². The minimum atomic E-state index is -0.366. The maximum atomic E-state index is 12.8. The summed E-state index contributed by atoms with van der Waals surface area (Å²) in [5.74, 6) is -0.0765. The van der Waals surface area contributed by atoms with Crippen LogP contribution in [-0.2, 0) is 0 Å². The van der Waals surface area contributed by atoms with Gasteiger partial charge in [0.15, 0.2) is 5.78 Å². The Balaban J connectivity index is 2.42. The second kappa shape index (κ2) is 5.31. The fraction of sp³-hybridized carbons (Fsp3) is 0.0714. The Kier molecular flexibility index (Phi) is 3.77. The first-order valence-electron chi connectivity index (χ1n) is 5.25. The lowest BCUT2D eigenvalue weighted by molar-refractivity contribution is 0.103. The number of ketones is 1. The molecule has 0 unspecified atom stereocenters. The first kappa shape index (κ1) is 12.8. The number of hydrogen-bond donors (Lipinski definition) is 0. The van der Waals surface area contributed by atoms with Crippen molar-refractivity contribution >= 4 is 21.7 Å². The molecule has 0 heterocycles. The highest BCUT2D eigenvalue weighted by Gasteiger charge is 2.14. The molecule has 0 aliphatic rings. The van der Waals surface area contributed by atoms with Crippen molar-refractivity contribution in [2.75, 3.05) is 7.11 Å². The second-order valence-electron chi connectivity index (χ2n) is 3.68. The highest BCUT2D eigenvalue weighted by molar-refractivity contribution is 9.10. The van der Waals surface area contributed by atoms with Gasteiger partial charge in [-0.3, -0.25) is 4.79 Å². The smallest absolute Gasteiger partial charge is 0.196 e. The van der Waals surface area contributed by atoms with Gasteiger partial charge in [-0.2, -0.15) is 0 Å². The molecule has 0 bridgehead atoms. The van der Waals surface area contributed by atoms with E-state index in [9.17, 15) is 9.18 Å². The zero-order valence-corrected chi connectivity index (χ0v) is 11.2. The van der Waals surface area contributed by atoms with E-state index >= 15 is 0 Å². The Morgan fingerprint density at radius 1 is 1.17 bits per heavy atom. The Morgan fingerprint density at radius 3 is 2.44 bits per heavy atom. The monoisotopic (exact) mass is 308 g/mol. The Hall–Kier alpha value is -1.68. The average Bonchev–Trinajstić information content (AvgIpc) is 2.38. The van der Waals surface area contributed by atoms with Crippen LogP contribution in [0.4, 0.5) is 4.39 Å².